The van der Waals surface area contributed by atoms with Gasteiger partial charge in [-0.2, -0.15) is 12.6 Å². The van der Waals surface area contributed by atoms with Gasteiger partial charge in [-0.1, -0.05) is 12.8 Å². The summed E-state index contributed by atoms with van der Waals surface area (Å²) in [5, 5.41) is 0. The molecular weight excluding hydrogens is 178 g/mol. The number of nitrogens with zero attached hydrogens (tertiary/aromatic N) is 1. The van der Waals surface area contributed by atoms with Crippen molar-refractivity contribution in [1.29, 1.82) is 0 Å². The molecule has 1 fully saturated rings. The fraction of sp³-hybridized carbons (Fsp3) is 1.00. The number of thiol groups is 1. The van der Waals surface area contributed by atoms with E-state index in [9.17, 15) is 0 Å². The lowest BCUT2D eigenvalue weighted by Crippen LogP contribution is -2.38. The molecule has 78 valence electrons. The molecule has 0 aromatic carbocycles. The summed E-state index contributed by atoms with van der Waals surface area (Å²) in [6.07, 6.45) is 5.58. The highest BCUT2D eigenvalue weighted by Gasteiger charge is 2.33. The molecule has 0 aliphatic heterocycles. The van der Waals surface area contributed by atoms with Gasteiger partial charge in [0, 0.05) is 12.6 Å². The van der Waals surface area contributed by atoms with Crippen molar-refractivity contribution < 1.29 is 0 Å². The van der Waals surface area contributed by atoms with Crippen LogP contribution in [-0.2, 0) is 0 Å². The van der Waals surface area contributed by atoms with Gasteiger partial charge in [0.25, 0.3) is 0 Å². The molecule has 1 nitrogen and oxygen atoms in total. The van der Waals surface area contributed by atoms with E-state index in [1.807, 2.05) is 0 Å². The average Bonchev–Trinajstić information content (AvgIpc) is 2.54. The van der Waals surface area contributed by atoms with Crippen LogP contribution in [0.5, 0.6) is 0 Å². The van der Waals surface area contributed by atoms with E-state index in [0.717, 1.165) is 5.75 Å². The van der Waals surface area contributed by atoms with Gasteiger partial charge < -0.3 is 4.90 Å². The van der Waals surface area contributed by atoms with Gasteiger partial charge in [-0.3, -0.25) is 0 Å². The van der Waals surface area contributed by atoms with Crippen LogP contribution in [0.15, 0.2) is 0 Å². The van der Waals surface area contributed by atoms with Crippen molar-refractivity contribution in [3.05, 3.63) is 0 Å². The zero-order valence-corrected chi connectivity index (χ0v) is 10.1. The van der Waals surface area contributed by atoms with Crippen molar-refractivity contribution in [3.8, 4) is 0 Å². The van der Waals surface area contributed by atoms with Crippen LogP contribution in [0.1, 0.15) is 39.5 Å². The SMILES string of the molecule is CC(C)N(C)CC1(CS)CCCC1. The first-order valence-corrected chi connectivity index (χ1v) is 6.04. The van der Waals surface area contributed by atoms with E-state index in [2.05, 4.69) is 38.4 Å². The van der Waals surface area contributed by atoms with Crippen LogP contribution in [0.3, 0.4) is 0 Å². The standard InChI is InChI=1S/C11H23NS/c1-10(2)12(3)8-11(9-13)6-4-5-7-11/h10,13H,4-9H2,1-3H3. The third kappa shape index (κ3) is 2.88. The summed E-state index contributed by atoms with van der Waals surface area (Å²) in [6, 6.07) is 0.664. The minimum atomic E-state index is 0.530. The third-order valence-corrected chi connectivity index (χ3v) is 4.14. The van der Waals surface area contributed by atoms with Gasteiger partial charge in [-0.05, 0) is 44.9 Å². The Hall–Kier alpha value is 0.310. The Morgan fingerprint density at radius 3 is 2.23 bits per heavy atom. The normalized spacial score (nSPS) is 21.7. The van der Waals surface area contributed by atoms with Crippen LogP contribution in [0.2, 0.25) is 0 Å². The first-order valence-electron chi connectivity index (χ1n) is 5.41. The molecule has 0 aromatic heterocycles. The van der Waals surface area contributed by atoms with E-state index in [-0.39, 0.29) is 0 Å². The Morgan fingerprint density at radius 2 is 1.85 bits per heavy atom. The van der Waals surface area contributed by atoms with E-state index in [1.165, 1.54) is 32.2 Å². The number of hydrogen-bond acceptors (Lipinski definition) is 2. The molecule has 13 heavy (non-hydrogen) atoms. The van der Waals surface area contributed by atoms with Gasteiger partial charge in [0.1, 0.15) is 0 Å². The summed E-state index contributed by atoms with van der Waals surface area (Å²) in [5.74, 6) is 1.06. The zero-order chi connectivity index (χ0) is 9.90. The minimum absolute atomic E-state index is 0.530. The first kappa shape index (κ1) is 11.4. The molecule has 0 saturated heterocycles. The Labute approximate surface area is 88.3 Å². The molecule has 0 aromatic rings. The van der Waals surface area contributed by atoms with Crippen molar-refractivity contribution in [1.82, 2.24) is 4.90 Å². The van der Waals surface area contributed by atoms with Crippen molar-refractivity contribution >= 4 is 12.6 Å². The minimum Gasteiger partial charge on any atom is -0.303 e. The van der Waals surface area contributed by atoms with Crippen LogP contribution in [0.25, 0.3) is 0 Å². The largest absolute Gasteiger partial charge is 0.303 e. The summed E-state index contributed by atoms with van der Waals surface area (Å²) in [6.45, 7) is 5.76. The molecule has 1 rings (SSSR count). The Bertz CT molecular complexity index is 150. The van der Waals surface area contributed by atoms with Crippen molar-refractivity contribution in [2.24, 2.45) is 5.41 Å². The van der Waals surface area contributed by atoms with E-state index in [1.54, 1.807) is 0 Å². The van der Waals surface area contributed by atoms with Crippen LogP contribution in [-0.4, -0.2) is 30.3 Å². The lowest BCUT2D eigenvalue weighted by Gasteiger charge is -2.34. The highest BCUT2D eigenvalue weighted by Crippen LogP contribution is 2.39. The third-order valence-electron chi connectivity index (χ3n) is 3.47. The van der Waals surface area contributed by atoms with Gasteiger partial charge in [0.2, 0.25) is 0 Å². The Morgan fingerprint density at radius 1 is 1.31 bits per heavy atom. The smallest absolute Gasteiger partial charge is 0.00454 e. The fourth-order valence-electron chi connectivity index (χ4n) is 2.20. The molecule has 1 aliphatic carbocycles. The molecule has 2 heteroatoms. The topological polar surface area (TPSA) is 3.24 Å². The summed E-state index contributed by atoms with van der Waals surface area (Å²) < 4.78 is 0. The molecule has 0 radical (unpaired) electrons. The molecule has 0 amide bonds. The lowest BCUT2D eigenvalue weighted by atomic mass is 9.87. The fourth-order valence-corrected chi connectivity index (χ4v) is 2.62. The van der Waals surface area contributed by atoms with Crippen LogP contribution in [0, 0.1) is 5.41 Å². The van der Waals surface area contributed by atoms with Crippen molar-refractivity contribution in [2.75, 3.05) is 19.3 Å². The van der Waals surface area contributed by atoms with Crippen LogP contribution < -0.4 is 0 Å². The summed E-state index contributed by atoms with van der Waals surface area (Å²) in [4.78, 5) is 2.46. The quantitative estimate of drug-likeness (QED) is 0.685. The predicted octanol–water partition coefficient (Wildman–Crippen LogP) is 2.82. The average molecular weight is 201 g/mol. The predicted molar refractivity (Wildman–Crippen MR) is 62.5 cm³/mol. The van der Waals surface area contributed by atoms with E-state index in [4.69, 9.17) is 0 Å². The highest BCUT2D eigenvalue weighted by atomic mass is 32.1. The molecule has 0 unspecified atom stereocenters. The molecule has 0 bridgehead atoms. The molecule has 0 atom stereocenters. The molecular formula is C11H23NS. The molecule has 1 aliphatic rings. The Balaban J connectivity index is 2.48. The summed E-state index contributed by atoms with van der Waals surface area (Å²) in [7, 11) is 2.23. The molecule has 0 spiro atoms. The zero-order valence-electron chi connectivity index (χ0n) is 9.21. The van der Waals surface area contributed by atoms with Gasteiger partial charge >= 0.3 is 0 Å². The van der Waals surface area contributed by atoms with E-state index >= 15 is 0 Å². The highest BCUT2D eigenvalue weighted by molar-refractivity contribution is 7.80. The second kappa shape index (κ2) is 4.70. The van der Waals surface area contributed by atoms with Gasteiger partial charge in [0.15, 0.2) is 0 Å². The van der Waals surface area contributed by atoms with Crippen molar-refractivity contribution in [3.63, 3.8) is 0 Å². The Kier molecular flexibility index (Phi) is 4.11. The monoisotopic (exact) mass is 201 g/mol. The van der Waals surface area contributed by atoms with E-state index in [0.29, 0.717) is 11.5 Å². The maximum absolute atomic E-state index is 4.52. The maximum Gasteiger partial charge on any atom is 0.00454 e. The summed E-state index contributed by atoms with van der Waals surface area (Å²) >= 11 is 4.52. The van der Waals surface area contributed by atoms with Crippen LogP contribution >= 0.6 is 12.6 Å². The molecule has 1 saturated carbocycles. The van der Waals surface area contributed by atoms with Crippen molar-refractivity contribution in [2.45, 2.75) is 45.6 Å². The number of hydrogen-bond donors (Lipinski definition) is 1. The van der Waals surface area contributed by atoms with Gasteiger partial charge in [-0.15, -0.1) is 0 Å². The first-order chi connectivity index (χ1) is 6.09. The lowest BCUT2D eigenvalue weighted by molar-refractivity contribution is 0.171. The second-order valence-electron chi connectivity index (χ2n) is 4.87. The van der Waals surface area contributed by atoms with Gasteiger partial charge in [-0.25, -0.2) is 0 Å². The molecule has 0 N–H and O–H groups in total. The summed E-state index contributed by atoms with van der Waals surface area (Å²) in [5.41, 5.74) is 0.530. The number of rotatable bonds is 4. The van der Waals surface area contributed by atoms with Gasteiger partial charge in [0.05, 0.1) is 0 Å². The second-order valence-corrected chi connectivity index (χ2v) is 5.19. The maximum atomic E-state index is 4.52. The molecule has 0 heterocycles. The van der Waals surface area contributed by atoms with Crippen LogP contribution in [0.4, 0.5) is 0 Å². The van der Waals surface area contributed by atoms with E-state index < -0.39 is 0 Å².